The Kier molecular flexibility index (Phi) is 18.2. The number of aliphatic hydroxyl groups excluding tert-OH is 1. The van der Waals surface area contributed by atoms with Crippen LogP contribution in [0, 0.1) is 0 Å². The Morgan fingerprint density at radius 1 is 0.633 bits per heavy atom. The van der Waals surface area contributed by atoms with E-state index in [2.05, 4.69) is 17.7 Å². The Morgan fingerprint density at radius 3 is 1.33 bits per heavy atom. The average Bonchev–Trinajstić information content (AvgIpc) is 3.22. The molecule has 1 N–H and O–H groups in total. The summed E-state index contributed by atoms with van der Waals surface area (Å²) in [5.74, 6) is 0. The standard InChI is InChI=1S/C27H53N2O/c1-3-4-5-6-7-8-9-10-11-12-13-14-15-16-17-18-19-20-21-22-23-28-24-25-29(26-28)27(2)30/h24-27,30H,3-23H2,1-2H3/q+1. The molecule has 1 unspecified atom stereocenters. The van der Waals surface area contributed by atoms with Gasteiger partial charge in [-0.3, -0.25) is 0 Å². The highest BCUT2D eigenvalue weighted by Crippen LogP contribution is 2.14. The Bertz CT molecular complexity index is 469. The van der Waals surface area contributed by atoms with E-state index in [0.29, 0.717) is 0 Å². The van der Waals surface area contributed by atoms with E-state index in [1.54, 1.807) is 6.92 Å². The van der Waals surface area contributed by atoms with Gasteiger partial charge >= 0.3 is 0 Å². The molecule has 3 heteroatoms. The molecule has 0 radical (unpaired) electrons. The van der Waals surface area contributed by atoms with Gasteiger partial charge in [0, 0.05) is 6.92 Å². The summed E-state index contributed by atoms with van der Waals surface area (Å²) in [5.41, 5.74) is 0. The van der Waals surface area contributed by atoms with Gasteiger partial charge in [0.25, 0.3) is 0 Å². The molecule has 3 nitrogen and oxygen atoms in total. The van der Waals surface area contributed by atoms with Crippen LogP contribution in [-0.4, -0.2) is 9.67 Å². The van der Waals surface area contributed by atoms with Crippen molar-refractivity contribution in [1.29, 1.82) is 0 Å². The lowest BCUT2D eigenvalue weighted by Crippen LogP contribution is -2.31. The van der Waals surface area contributed by atoms with Gasteiger partial charge in [-0.05, 0) is 12.8 Å². The molecule has 1 atom stereocenters. The molecule has 0 aliphatic heterocycles. The first-order chi connectivity index (χ1) is 14.7. The Labute approximate surface area is 188 Å². The van der Waals surface area contributed by atoms with Crippen LogP contribution >= 0.6 is 0 Å². The van der Waals surface area contributed by atoms with Crippen LogP contribution < -0.4 is 4.57 Å². The summed E-state index contributed by atoms with van der Waals surface area (Å²) >= 11 is 0. The lowest BCUT2D eigenvalue weighted by Gasteiger charge is -2.04. The number of nitrogens with zero attached hydrogens (tertiary/aromatic N) is 2. The van der Waals surface area contributed by atoms with Crippen LogP contribution in [0.2, 0.25) is 0 Å². The van der Waals surface area contributed by atoms with Crippen LogP contribution in [0.15, 0.2) is 18.7 Å². The van der Waals surface area contributed by atoms with Gasteiger partial charge in [-0.15, -0.1) is 0 Å². The SMILES string of the molecule is CCCCCCCCCCCCCCCCCCCCCC[n+]1ccn(C(C)O)c1. The van der Waals surface area contributed by atoms with E-state index in [9.17, 15) is 5.11 Å². The third-order valence-corrected chi connectivity index (χ3v) is 6.41. The van der Waals surface area contributed by atoms with Crippen molar-refractivity contribution in [3.63, 3.8) is 0 Å². The van der Waals surface area contributed by atoms with Crippen LogP contribution in [0.1, 0.15) is 148 Å². The number of aryl methyl sites for hydroxylation is 1. The predicted octanol–water partition coefficient (Wildman–Crippen LogP) is 8.11. The van der Waals surface area contributed by atoms with Crippen LogP contribution in [-0.2, 0) is 6.54 Å². The molecule has 0 aromatic carbocycles. The van der Waals surface area contributed by atoms with Crippen molar-refractivity contribution in [1.82, 2.24) is 4.57 Å². The molecule has 1 aromatic rings. The molecule has 1 heterocycles. The summed E-state index contributed by atoms with van der Waals surface area (Å²) in [6, 6.07) is 0. The minimum Gasteiger partial charge on any atom is -0.355 e. The van der Waals surface area contributed by atoms with Gasteiger partial charge in [0.05, 0.1) is 6.54 Å². The van der Waals surface area contributed by atoms with E-state index in [4.69, 9.17) is 0 Å². The first kappa shape index (κ1) is 27.2. The predicted molar refractivity (Wildman–Crippen MR) is 130 cm³/mol. The summed E-state index contributed by atoms with van der Waals surface area (Å²) in [5, 5.41) is 9.53. The van der Waals surface area contributed by atoms with E-state index >= 15 is 0 Å². The molecule has 0 saturated carbocycles. The molecular formula is C27H53N2O+. The summed E-state index contributed by atoms with van der Waals surface area (Å²) in [7, 11) is 0. The van der Waals surface area contributed by atoms with Crippen molar-refractivity contribution in [2.45, 2.75) is 155 Å². The first-order valence-electron chi connectivity index (χ1n) is 13.5. The molecule has 0 fully saturated rings. The minimum atomic E-state index is -0.429. The van der Waals surface area contributed by atoms with E-state index in [1.165, 1.54) is 128 Å². The van der Waals surface area contributed by atoms with Gasteiger partial charge in [-0.1, -0.05) is 122 Å². The summed E-state index contributed by atoms with van der Waals surface area (Å²) in [6.07, 6.45) is 34.1. The topological polar surface area (TPSA) is 29.0 Å². The highest BCUT2D eigenvalue weighted by Gasteiger charge is 2.07. The van der Waals surface area contributed by atoms with Crippen LogP contribution in [0.25, 0.3) is 0 Å². The number of imidazole rings is 1. The molecule has 0 aliphatic carbocycles. The zero-order valence-electron chi connectivity index (χ0n) is 20.5. The van der Waals surface area contributed by atoms with Gasteiger partial charge in [-0.25, -0.2) is 9.13 Å². The van der Waals surface area contributed by atoms with Crippen molar-refractivity contribution in [2.24, 2.45) is 0 Å². The Hall–Kier alpha value is -0.830. The van der Waals surface area contributed by atoms with Crippen molar-refractivity contribution in [2.75, 3.05) is 0 Å². The van der Waals surface area contributed by atoms with E-state index < -0.39 is 6.23 Å². The van der Waals surface area contributed by atoms with Crippen LogP contribution in [0.5, 0.6) is 0 Å². The summed E-state index contributed by atoms with van der Waals surface area (Å²) < 4.78 is 4.03. The minimum absolute atomic E-state index is 0.429. The quantitative estimate of drug-likeness (QED) is 0.149. The van der Waals surface area contributed by atoms with Crippen molar-refractivity contribution < 1.29 is 9.67 Å². The maximum Gasteiger partial charge on any atom is 0.245 e. The molecule has 176 valence electrons. The highest BCUT2D eigenvalue weighted by molar-refractivity contribution is 4.67. The van der Waals surface area contributed by atoms with Crippen LogP contribution in [0.3, 0.4) is 0 Å². The Balaban J connectivity index is 1.72. The maximum atomic E-state index is 9.53. The lowest BCUT2D eigenvalue weighted by molar-refractivity contribution is -0.697. The third-order valence-electron chi connectivity index (χ3n) is 6.41. The van der Waals surface area contributed by atoms with Gasteiger partial charge in [0.15, 0.2) is 6.23 Å². The summed E-state index contributed by atoms with van der Waals surface area (Å²) in [4.78, 5) is 0. The molecule has 30 heavy (non-hydrogen) atoms. The van der Waals surface area contributed by atoms with Crippen LogP contribution in [0.4, 0.5) is 0 Å². The number of aromatic nitrogens is 2. The van der Waals surface area contributed by atoms with Crippen molar-refractivity contribution >= 4 is 0 Å². The molecule has 0 bridgehead atoms. The second-order valence-corrected chi connectivity index (χ2v) is 9.45. The van der Waals surface area contributed by atoms with E-state index in [-0.39, 0.29) is 0 Å². The third kappa shape index (κ3) is 15.9. The molecule has 1 rings (SSSR count). The zero-order chi connectivity index (χ0) is 21.7. The zero-order valence-corrected chi connectivity index (χ0v) is 20.5. The smallest absolute Gasteiger partial charge is 0.245 e. The monoisotopic (exact) mass is 421 g/mol. The molecule has 1 aromatic heterocycles. The molecular weight excluding hydrogens is 368 g/mol. The second kappa shape index (κ2) is 20.1. The largest absolute Gasteiger partial charge is 0.355 e. The number of hydrogen-bond acceptors (Lipinski definition) is 1. The highest BCUT2D eigenvalue weighted by atomic mass is 16.3. The molecule has 0 saturated heterocycles. The first-order valence-corrected chi connectivity index (χ1v) is 13.5. The fourth-order valence-corrected chi connectivity index (χ4v) is 4.31. The number of unbranched alkanes of at least 4 members (excludes halogenated alkanes) is 19. The molecule has 0 spiro atoms. The molecule has 0 aliphatic rings. The Morgan fingerprint density at radius 2 is 1.00 bits per heavy atom. The van der Waals surface area contributed by atoms with Gasteiger partial charge in [0.1, 0.15) is 12.4 Å². The summed E-state index contributed by atoms with van der Waals surface area (Å²) in [6.45, 7) is 5.16. The lowest BCUT2D eigenvalue weighted by atomic mass is 10.0. The number of aliphatic hydroxyl groups is 1. The fraction of sp³-hybridized carbons (Fsp3) is 0.889. The maximum absolute atomic E-state index is 9.53. The van der Waals surface area contributed by atoms with Crippen molar-refractivity contribution in [3.8, 4) is 0 Å². The normalized spacial score (nSPS) is 12.5. The number of hydrogen-bond donors (Lipinski definition) is 1. The second-order valence-electron chi connectivity index (χ2n) is 9.45. The van der Waals surface area contributed by atoms with E-state index in [0.717, 1.165) is 6.54 Å². The molecule has 0 amide bonds. The van der Waals surface area contributed by atoms with Gasteiger partial charge < -0.3 is 5.11 Å². The van der Waals surface area contributed by atoms with Gasteiger partial charge in [-0.2, -0.15) is 0 Å². The fourth-order valence-electron chi connectivity index (χ4n) is 4.31. The van der Waals surface area contributed by atoms with Crippen molar-refractivity contribution in [3.05, 3.63) is 18.7 Å². The van der Waals surface area contributed by atoms with Gasteiger partial charge in [0.2, 0.25) is 6.33 Å². The average molecular weight is 422 g/mol. The van der Waals surface area contributed by atoms with E-state index in [1.807, 2.05) is 17.1 Å². The number of rotatable bonds is 22.